The van der Waals surface area contributed by atoms with Crippen LogP contribution in [0.15, 0.2) is 28.4 Å². The summed E-state index contributed by atoms with van der Waals surface area (Å²) >= 11 is 7.82. The molecule has 5 nitrogen and oxygen atoms in total. The molecule has 0 aliphatic heterocycles. The number of amides is 1. The Morgan fingerprint density at radius 3 is 2.75 bits per heavy atom. The van der Waals surface area contributed by atoms with Gasteiger partial charge in [0.15, 0.2) is 0 Å². The molecule has 0 aliphatic carbocycles. The summed E-state index contributed by atoms with van der Waals surface area (Å²) in [6.45, 7) is 4.22. The Bertz CT molecular complexity index is 1100. The molecule has 2 heterocycles. The zero-order chi connectivity index (χ0) is 20.4. The fourth-order valence-electron chi connectivity index (χ4n) is 3.27. The van der Waals surface area contributed by atoms with Crippen molar-refractivity contribution in [2.45, 2.75) is 26.7 Å². The first-order valence-corrected chi connectivity index (χ1v) is 10.3. The number of aryl methyl sites for hydroxylation is 2. The largest absolute Gasteiger partial charge is 0.396 e. The van der Waals surface area contributed by atoms with Crippen LogP contribution in [0.2, 0.25) is 5.02 Å². The molecular formula is C21H23ClN2O3S. The maximum atomic E-state index is 13.0. The fourth-order valence-corrected chi connectivity index (χ4v) is 4.68. The van der Waals surface area contributed by atoms with Crippen LogP contribution in [-0.4, -0.2) is 28.7 Å². The zero-order valence-corrected chi connectivity index (χ0v) is 17.7. The van der Waals surface area contributed by atoms with Crippen molar-refractivity contribution in [2.75, 3.05) is 13.2 Å². The van der Waals surface area contributed by atoms with Crippen LogP contribution in [0.1, 0.15) is 39.2 Å². The van der Waals surface area contributed by atoms with E-state index < -0.39 is 0 Å². The predicted molar refractivity (Wildman–Crippen MR) is 115 cm³/mol. The number of hydrogen-bond acceptors (Lipinski definition) is 4. The van der Waals surface area contributed by atoms with Gasteiger partial charge in [0.25, 0.3) is 11.5 Å². The number of nitrogens with one attached hydrogen (secondary N) is 1. The number of aromatic nitrogens is 1. The second kappa shape index (κ2) is 8.47. The van der Waals surface area contributed by atoms with Gasteiger partial charge in [-0.3, -0.25) is 9.59 Å². The standard InChI is InChI=1S/C21H23ClN2O3S/c1-12-5-6-14(15(22)9-12)10-16-18(20(26)23-7-4-8-25)19-17(13(2)11-28-19)21(27)24(16)3/h5-6,9,11,25H,4,7-8,10H2,1-3H3,(H,23,26). The lowest BCUT2D eigenvalue weighted by molar-refractivity contribution is 0.0951. The number of carbonyl (C=O) groups excluding carboxylic acids is 1. The quantitative estimate of drug-likeness (QED) is 0.601. The molecule has 1 amide bonds. The van der Waals surface area contributed by atoms with Crippen molar-refractivity contribution < 1.29 is 9.90 Å². The number of nitrogens with zero attached hydrogens (tertiary/aromatic N) is 1. The molecule has 0 spiro atoms. The van der Waals surface area contributed by atoms with E-state index in [1.54, 1.807) is 11.6 Å². The Balaban J connectivity index is 2.19. The fraction of sp³-hybridized carbons (Fsp3) is 0.333. The van der Waals surface area contributed by atoms with Crippen LogP contribution in [0.4, 0.5) is 0 Å². The summed E-state index contributed by atoms with van der Waals surface area (Å²) in [5, 5.41) is 15.0. The molecule has 148 valence electrons. The first-order valence-electron chi connectivity index (χ1n) is 9.09. The number of fused-ring (bicyclic) bond motifs is 1. The highest BCUT2D eigenvalue weighted by molar-refractivity contribution is 7.17. The number of aliphatic hydroxyl groups excluding tert-OH is 1. The number of carbonyl (C=O) groups is 1. The van der Waals surface area contributed by atoms with Crippen LogP contribution >= 0.6 is 22.9 Å². The summed E-state index contributed by atoms with van der Waals surface area (Å²) in [7, 11) is 1.70. The molecule has 0 fully saturated rings. The molecule has 1 aromatic carbocycles. The van der Waals surface area contributed by atoms with Gasteiger partial charge in [-0.05, 0) is 48.4 Å². The van der Waals surface area contributed by atoms with Crippen LogP contribution in [0, 0.1) is 13.8 Å². The van der Waals surface area contributed by atoms with Gasteiger partial charge in [-0.15, -0.1) is 11.3 Å². The highest BCUT2D eigenvalue weighted by atomic mass is 35.5. The highest BCUT2D eigenvalue weighted by Crippen LogP contribution is 2.30. The molecule has 2 N–H and O–H groups in total. The minimum absolute atomic E-state index is 0.00685. The highest BCUT2D eigenvalue weighted by Gasteiger charge is 2.23. The number of thiophene rings is 1. The molecule has 0 saturated heterocycles. The van der Waals surface area contributed by atoms with Crippen LogP contribution < -0.4 is 10.9 Å². The summed E-state index contributed by atoms with van der Waals surface area (Å²) in [6.07, 6.45) is 0.851. The van der Waals surface area contributed by atoms with Gasteiger partial charge in [0.05, 0.1) is 15.6 Å². The van der Waals surface area contributed by atoms with E-state index in [4.69, 9.17) is 16.7 Å². The van der Waals surface area contributed by atoms with E-state index in [0.29, 0.717) is 45.8 Å². The predicted octanol–water partition coefficient (Wildman–Crippen LogP) is 3.57. The topological polar surface area (TPSA) is 71.3 Å². The third-order valence-corrected chi connectivity index (χ3v) is 6.30. The Kier molecular flexibility index (Phi) is 6.23. The summed E-state index contributed by atoms with van der Waals surface area (Å²) in [5.74, 6) is -0.242. The molecule has 7 heteroatoms. The van der Waals surface area contributed by atoms with E-state index in [0.717, 1.165) is 16.7 Å². The van der Waals surface area contributed by atoms with Crippen molar-refractivity contribution in [3.05, 3.63) is 66.9 Å². The van der Waals surface area contributed by atoms with Gasteiger partial charge in [-0.1, -0.05) is 23.7 Å². The molecule has 0 bridgehead atoms. The SMILES string of the molecule is Cc1ccc(Cc2c(C(=O)NCCCO)c3scc(C)c3c(=O)n2C)c(Cl)c1. The lowest BCUT2D eigenvalue weighted by Crippen LogP contribution is -2.31. The van der Waals surface area contributed by atoms with Crippen molar-refractivity contribution in [1.29, 1.82) is 0 Å². The Morgan fingerprint density at radius 2 is 2.07 bits per heavy atom. The number of pyridine rings is 1. The minimum Gasteiger partial charge on any atom is -0.396 e. The average molecular weight is 419 g/mol. The lowest BCUT2D eigenvalue weighted by atomic mass is 10.0. The van der Waals surface area contributed by atoms with Gasteiger partial charge in [-0.2, -0.15) is 0 Å². The monoisotopic (exact) mass is 418 g/mol. The van der Waals surface area contributed by atoms with Gasteiger partial charge < -0.3 is 15.0 Å². The third-order valence-electron chi connectivity index (χ3n) is 4.83. The van der Waals surface area contributed by atoms with Crippen LogP contribution in [0.5, 0.6) is 0 Å². The van der Waals surface area contributed by atoms with E-state index in [2.05, 4.69) is 5.32 Å². The molecule has 0 aliphatic rings. The number of hydrogen-bond donors (Lipinski definition) is 2. The van der Waals surface area contributed by atoms with Gasteiger partial charge in [0.2, 0.25) is 0 Å². The summed E-state index contributed by atoms with van der Waals surface area (Å²) in [5.41, 5.74) is 3.80. The van der Waals surface area contributed by atoms with Crippen LogP contribution in [-0.2, 0) is 13.5 Å². The molecule has 28 heavy (non-hydrogen) atoms. The van der Waals surface area contributed by atoms with Crippen LogP contribution in [0.3, 0.4) is 0 Å². The molecule has 3 rings (SSSR count). The van der Waals surface area contributed by atoms with Crippen LogP contribution in [0.25, 0.3) is 10.1 Å². The second-order valence-corrected chi connectivity index (χ2v) is 8.20. The Labute approximate surface area is 172 Å². The van der Waals surface area contributed by atoms with Gasteiger partial charge in [-0.25, -0.2) is 0 Å². The Morgan fingerprint density at radius 1 is 1.32 bits per heavy atom. The molecule has 3 aromatic rings. The zero-order valence-electron chi connectivity index (χ0n) is 16.1. The van der Waals surface area contributed by atoms with Gasteiger partial charge in [0.1, 0.15) is 0 Å². The number of aliphatic hydroxyl groups is 1. The maximum absolute atomic E-state index is 13.0. The summed E-state index contributed by atoms with van der Waals surface area (Å²) in [6, 6.07) is 5.78. The number of rotatable bonds is 6. The van der Waals surface area contributed by atoms with Crippen molar-refractivity contribution >= 4 is 38.9 Å². The molecule has 0 saturated carbocycles. The molecule has 0 unspecified atom stereocenters. The van der Waals surface area contributed by atoms with Gasteiger partial charge >= 0.3 is 0 Å². The number of halogens is 1. The average Bonchev–Trinajstić information content (AvgIpc) is 3.03. The molecule has 0 radical (unpaired) electrons. The van der Waals surface area contributed by atoms with E-state index in [1.165, 1.54) is 11.3 Å². The van der Waals surface area contributed by atoms with Crippen molar-refractivity contribution in [2.24, 2.45) is 7.05 Å². The lowest BCUT2D eigenvalue weighted by Gasteiger charge is -2.16. The molecule has 2 aromatic heterocycles. The third kappa shape index (κ3) is 3.85. The van der Waals surface area contributed by atoms with Crippen molar-refractivity contribution in [3.63, 3.8) is 0 Å². The molecule has 0 atom stereocenters. The van der Waals surface area contributed by atoms with E-state index in [-0.39, 0.29) is 18.1 Å². The first-order chi connectivity index (χ1) is 13.3. The smallest absolute Gasteiger partial charge is 0.259 e. The normalized spacial score (nSPS) is 11.2. The van der Waals surface area contributed by atoms with E-state index in [1.807, 2.05) is 37.4 Å². The number of benzene rings is 1. The minimum atomic E-state index is -0.242. The summed E-state index contributed by atoms with van der Waals surface area (Å²) in [4.78, 5) is 26.0. The van der Waals surface area contributed by atoms with E-state index in [9.17, 15) is 9.59 Å². The maximum Gasteiger partial charge on any atom is 0.259 e. The molecular weight excluding hydrogens is 396 g/mol. The first kappa shape index (κ1) is 20.6. The Hall–Kier alpha value is -2.15. The van der Waals surface area contributed by atoms with Crippen molar-refractivity contribution in [3.8, 4) is 0 Å². The van der Waals surface area contributed by atoms with Gasteiger partial charge in [0, 0.05) is 37.3 Å². The van der Waals surface area contributed by atoms with E-state index >= 15 is 0 Å². The van der Waals surface area contributed by atoms with Crippen molar-refractivity contribution in [1.82, 2.24) is 9.88 Å². The second-order valence-electron chi connectivity index (χ2n) is 6.91. The summed E-state index contributed by atoms with van der Waals surface area (Å²) < 4.78 is 2.25.